The van der Waals surface area contributed by atoms with Crippen LogP contribution in [0.2, 0.25) is 0 Å². The average Bonchev–Trinajstić information content (AvgIpc) is 3.24. The molecule has 6 nitrogen and oxygen atoms in total. The second kappa shape index (κ2) is 8.56. The average molecular weight is 352 g/mol. The molecule has 0 saturated heterocycles. The predicted octanol–water partition coefficient (Wildman–Crippen LogP) is 2.93. The molecule has 3 N–H and O–H groups in total. The first-order valence-electron chi connectivity index (χ1n) is 9.17. The third kappa shape index (κ3) is 4.45. The zero-order chi connectivity index (χ0) is 18.4. The van der Waals surface area contributed by atoms with Crippen molar-refractivity contribution in [1.82, 2.24) is 25.2 Å². The van der Waals surface area contributed by atoms with Crippen LogP contribution in [-0.4, -0.2) is 34.1 Å². The SMILES string of the molecule is CN=C(NCCc1c[nH]c2ccccc12)NCc1nccn1CC(C)C. The lowest BCUT2D eigenvalue weighted by atomic mass is 10.1. The quantitative estimate of drug-likeness (QED) is 0.452. The number of nitrogens with zero attached hydrogens (tertiary/aromatic N) is 3. The molecular formula is C20H28N6. The smallest absolute Gasteiger partial charge is 0.191 e. The summed E-state index contributed by atoms with van der Waals surface area (Å²) in [6.45, 7) is 6.88. The number of imidazole rings is 1. The third-order valence-electron chi connectivity index (χ3n) is 4.36. The lowest BCUT2D eigenvalue weighted by molar-refractivity contribution is 0.503. The topological polar surface area (TPSA) is 70.0 Å². The molecule has 0 spiro atoms. The van der Waals surface area contributed by atoms with E-state index in [0.717, 1.165) is 31.3 Å². The standard InChI is InChI=1S/C20H28N6/c1-15(2)14-26-11-10-22-19(26)13-25-20(21-3)23-9-8-16-12-24-18-7-5-4-6-17(16)18/h4-7,10-12,15,24H,8-9,13-14H2,1-3H3,(H2,21,23,25). The van der Waals surface area contributed by atoms with Crippen molar-refractivity contribution in [2.75, 3.05) is 13.6 Å². The molecule has 6 heteroatoms. The minimum atomic E-state index is 0.594. The molecule has 26 heavy (non-hydrogen) atoms. The zero-order valence-corrected chi connectivity index (χ0v) is 15.8. The highest BCUT2D eigenvalue weighted by molar-refractivity contribution is 5.83. The fraction of sp³-hybridized carbons (Fsp3) is 0.400. The summed E-state index contributed by atoms with van der Waals surface area (Å²) < 4.78 is 2.19. The van der Waals surface area contributed by atoms with Gasteiger partial charge < -0.3 is 20.2 Å². The Labute approximate surface area is 154 Å². The lowest BCUT2D eigenvalue weighted by Gasteiger charge is -2.14. The first-order chi connectivity index (χ1) is 12.7. The Morgan fingerprint density at radius 2 is 2.12 bits per heavy atom. The van der Waals surface area contributed by atoms with Crippen LogP contribution in [0.3, 0.4) is 0 Å². The van der Waals surface area contributed by atoms with Gasteiger partial charge in [-0.3, -0.25) is 4.99 Å². The minimum absolute atomic E-state index is 0.594. The number of hydrogen-bond acceptors (Lipinski definition) is 2. The Bertz CT molecular complexity index is 858. The number of rotatable bonds is 7. The van der Waals surface area contributed by atoms with Crippen molar-refractivity contribution in [3.8, 4) is 0 Å². The monoisotopic (exact) mass is 352 g/mol. The fourth-order valence-electron chi connectivity index (χ4n) is 3.10. The Morgan fingerprint density at radius 1 is 1.27 bits per heavy atom. The van der Waals surface area contributed by atoms with E-state index in [4.69, 9.17) is 0 Å². The molecule has 0 radical (unpaired) electrons. The van der Waals surface area contributed by atoms with E-state index < -0.39 is 0 Å². The molecule has 0 amide bonds. The zero-order valence-electron chi connectivity index (χ0n) is 15.8. The molecule has 0 aliphatic heterocycles. The molecule has 138 valence electrons. The Hall–Kier alpha value is -2.76. The number of aromatic amines is 1. The van der Waals surface area contributed by atoms with E-state index in [1.165, 1.54) is 16.5 Å². The van der Waals surface area contributed by atoms with Crippen LogP contribution in [0.5, 0.6) is 0 Å². The van der Waals surface area contributed by atoms with E-state index in [9.17, 15) is 0 Å². The van der Waals surface area contributed by atoms with Gasteiger partial charge in [-0.1, -0.05) is 32.0 Å². The highest BCUT2D eigenvalue weighted by Gasteiger charge is 2.07. The number of aromatic nitrogens is 3. The summed E-state index contributed by atoms with van der Waals surface area (Å²) in [5.41, 5.74) is 2.50. The number of fused-ring (bicyclic) bond motifs is 1. The van der Waals surface area contributed by atoms with E-state index in [-0.39, 0.29) is 0 Å². The summed E-state index contributed by atoms with van der Waals surface area (Å²) in [5, 5.41) is 8.02. The maximum atomic E-state index is 4.44. The second-order valence-electron chi connectivity index (χ2n) is 6.85. The van der Waals surface area contributed by atoms with Crippen LogP contribution < -0.4 is 10.6 Å². The highest BCUT2D eigenvalue weighted by atomic mass is 15.2. The Kier molecular flexibility index (Phi) is 5.94. The molecule has 0 bridgehead atoms. The van der Waals surface area contributed by atoms with E-state index >= 15 is 0 Å². The first-order valence-corrected chi connectivity index (χ1v) is 9.17. The van der Waals surface area contributed by atoms with Crippen molar-refractivity contribution in [1.29, 1.82) is 0 Å². The molecule has 0 aliphatic carbocycles. The third-order valence-corrected chi connectivity index (χ3v) is 4.36. The summed E-state index contributed by atoms with van der Waals surface area (Å²) >= 11 is 0. The van der Waals surface area contributed by atoms with Gasteiger partial charge in [0.25, 0.3) is 0 Å². The van der Waals surface area contributed by atoms with Crippen LogP contribution in [0.4, 0.5) is 0 Å². The number of hydrogen-bond donors (Lipinski definition) is 3. The maximum absolute atomic E-state index is 4.44. The largest absolute Gasteiger partial charge is 0.361 e. The number of para-hydroxylation sites is 1. The van der Waals surface area contributed by atoms with E-state index in [0.29, 0.717) is 12.5 Å². The molecule has 0 atom stereocenters. The van der Waals surface area contributed by atoms with Crippen LogP contribution in [0.25, 0.3) is 10.9 Å². The van der Waals surface area contributed by atoms with Crippen LogP contribution >= 0.6 is 0 Å². The molecule has 3 rings (SSSR count). The second-order valence-corrected chi connectivity index (χ2v) is 6.85. The van der Waals surface area contributed by atoms with Gasteiger partial charge in [0.05, 0.1) is 6.54 Å². The van der Waals surface area contributed by atoms with Crippen molar-refractivity contribution in [2.45, 2.75) is 33.4 Å². The van der Waals surface area contributed by atoms with E-state index in [1.807, 2.05) is 12.4 Å². The lowest BCUT2D eigenvalue weighted by Crippen LogP contribution is -2.38. The normalized spacial score (nSPS) is 12.1. The summed E-state index contributed by atoms with van der Waals surface area (Å²) in [6.07, 6.45) is 6.91. The fourth-order valence-corrected chi connectivity index (χ4v) is 3.10. The summed E-state index contributed by atoms with van der Waals surface area (Å²) in [4.78, 5) is 12.1. The van der Waals surface area contributed by atoms with Gasteiger partial charge in [0, 0.05) is 49.6 Å². The molecule has 0 fully saturated rings. The van der Waals surface area contributed by atoms with Gasteiger partial charge >= 0.3 is 0 Å². The number of H-pyrrole nitrogens is 1. The van der Waals surface area contributed by atoms with Crippen molar-refractivity contribution in [3.05, 3.63) is 54.2 Å². The van der Waals surface area contributed by atoms with Crippen molar-refractivity contribution < 1.29 is 0 Å². The molecule has 0 unspecified atom stereocenters. The van der Waals surface area contributed by atoms with Crippen LogP contribution in [0, 0.1) is 5.92 Å². The molecule has 0 saturated carbocycles. The number of aliphatic imine (C=N–C) groups is 1. The summed E-state index contributed by atoms with van der Waals surface area (Å²) in [7, 11) is 1.79. The van der Waals surface area contributed by atoms with E-state index in [1.54, 1.807) is 7.05 Å². The van der Waals surface area contributed by atoms with Crippen molar-refractivity contribution >= 4 is 16.9 Å². The van der Waals surface area contributed by atoms with Gasteiger partial charge in [-0.05, 0) is 24.0 Å². The minimum Gasteiger partial charge on any atom is -0.361 e. The Balaban J connectivity index is 1.50. The van der Waals surface area contributed by atoms with Crippen molar-refractivity contribution in [3.63, 3.8) is 0 Å². The molecular weight excluding hydrogens is 324 g/mol. The van der Waals surface area contributed by atoms with Crippen molar-refractivity contribution in [2.24, 2.45) is 10.9 Å². The number of nitrogens with one attached hydrogen (secondary N) is 3. The summed E-state index contributed by atoms with van der Waals surface area (Å²) in [6, 6.07) is 8.39. The van der Waals surface area contributed by atoms with E-state index in [2.05, 4.69) is 74.5 Å². The maximum Gasteiger partial charge on any atom is 0.191 e. The number of guanidine groups is 1. The van der Waals surface area contributed by atoms with Gasteiger partial charge in [-0.2, -0.15) is 0 Å². The van der Waals surface area contributed by atoms with Gasteiger partial charge in [0.1, 0.15) is 5.82 Å². The summed E-state index contributed by atoms with van der Waals surface area (Å²) in [5.74, 6) is 2.42. The van der Waals surface area contributed by atoms with Crippen LogP contribution in [0.15, 0.2) is 47.8 Å². The molecule has 3 aromatic rings. The number of benzene rings is 1. The predicted molar refractivity (Wildman–Crippen MR) is 107 cm³/mol. The van der Waals surface area contributed by atoms with Crippen LogP contribution in [-0.2, 0) is 19.5 Å². The van der Waals surface area contributed by atoms with Crippen LogP contribution in [0.1, 0.15) is 25.2 Å². The first kappa shape index (κ1) is 18.0. The van der Waals surface area contributed by atoms with Gasteiger partial charge in [0.2, 0.25) is 0 Å². The van der Waals surface area contributed by atoms with Gasteiger partial charge in [-0.25, -0.2) is 4.98 Å². The molecule has 2 heterocycles. The molecule has 0 aliphatic rings. The van der Waals surface area contributed by atoms with Gasteiger partial charge in [-0.15, -0.1) is 0 Å². The molecule has 2 aromatic heterocycles. The molecule has 1 aromatic carbocycles. The Morgan fingerprint density at radius 3 is 2.92 bits per heavy atom. The highest BCUT2D eigenvalue weighted by Crippen LogP contribution is 2.17. The van der Waals surface area contributed by atoms with Gasteiger partial charge in [0.15, 0.2) is 5.96 Å².